The number of benzene rings is 1. The molecule has 0 radical (unpaired) electrons. The highest BCUT2D eigenvalue weighted by molar-refractivity contribution is 6.33. The Morgan fingerprint density at radius 1 is 1.31 bits per heavy atom. The maximum atomic E-state index is 12.7. The second-order valence-electron chi connectivity index (χ2n) is 5.31. The average Bonchev–Trinajstić information content (AvgIpc) is 2.96. The van der Waals surface area contributed by atoms with Crippen LogP contribution < -0.4 is 0 Å². The van der Waals surface area contributed by atoms with E-state index < -0.39 is 17.7 Å². The number of nitrogens with zero attached hydrogens (tertiary/aromatic N) is 4. The zero-order valence-corrected chi connectivity index (χ0v) is 14.2. The summed E-state index contributed by atoms with van der Waals surface area (Å²) in [6.45, 7) is 1.79. The molecule has 0 saturated carbocycles. The normalized spacial score (nSPS) is 11.7. The predicted octanol–water partition coefficient (Wildman–Crippen LogP) is 3.73. The molecule has 3 rings (SSSR count). The second-order valence-corrected chi connectivity index (χ2v) is 5.71. The van der Waals surface area contributed by atoms with Gasteiger partial charge in [-0.15, -0.1) is 5.10 Å². The molecule has 0 aliphatic carbocycles. The molecule has 6 nitrogen and oxygen atoms in total. The molecule has 0 atom stereocenters. The van der Waals surface area contributed by atoms with Crippen LogP contribution in [0.1, 0.15) is 12.5 Å². The van der Waals surface area contributed by atoms with Crippen LogP contribution in [0.5, 0.6) is 0 Å². The molecule has 2 heterocycles. The van der Waals surface area contributed by atoms with Crippen molar-refractivity contribution in [2.24, 2.45) is 0 Å². The van der Waals surface area contributed by atoms with Crippen LogP contribution in [0.25, 0.3) is 22.3 Å². The molecule has 2 aromatic heterocycles. The zero-order valence-electron chi connectivity index (χ0n) is 13.4. The number of hydrogen-bond acceptors (Lipinski definition) is 5. The highest BCUT2D eigenvalue weighted by Crippen LogP contribution is 2.34. The standard InChI is InChI=1S/C16H12ClF3N4O2/c1-2-26-14(25)8-24-13-5-9(3-4-12(13)22-23-24)15-11(17)6-10(7-21-15)16(18,19)20/h3-7H,2,8H2,1H3. The van der Waals surface area contributed by atoms with Gasteiger partial charge in [-0.2, -0.15) is 13.2 Å². The fraction of sp³-hybridized carbons (Fsp3) is 0.250. The molecule has 3 aromatic rings. The number of ether oxygens (including phenoxy) is 1. The first-order chi connectivity index (χ1) is 12.3. The number of carbonyl (C=O) groups excluding carboxylic acids is 1. The first-order valence-electron chi connectivity index (χ1n) is 7.51. The minimum absolute atomic E-state index is 0.136. The van der Waals surface area contributed by atoms with Crippen LogP contribution in [-0.4, -0.2) is 32.6 Å². The number of aromatic nitrogens is 4. The van der Waals surface area contributed by atoms with Crippen molar-refractivity contribution in [3.8, 4) is 11.3 Å². The molecule has 0 amide bonds. The summed E-state index contributed by atoms with van der Waals surface area (Å²) in [5.74, 6) is -0.476. The highest BCUT2D eigenvalue weighted by Gasteiger charge is 2.31. The molecule has 10 heteroatoms. The van der Waals surface area contributed by atoms with Crippen molar-refractivity contribution in [1.82, 2.24) is 20.0 Å². The van der Waals surface area contributed by atoms with Crippen molar-refractivity contribution in [2.75, 3.05) is 6.61 Å². The van der Waals surface area contributed by atoms with E-state index in [0.29, 0.717) is 16.6 Å². The van der Waals surface area contributed by atoms with E-state index in [9.17, 15) is 18.0 Å². The van der Waals surface area contributed by atoms with Gasteiger partial charge in [0.1, 0.15) is 12.1 Å². The molecule has 0 aliphatic heterocycles. The molecule has 0 saturated heterocycles. The highest BCUT2D eigenvalue weighted by atomic mass is 35.5. The van der Waals surface area contributed by atoms with Gasteiger partial charge in [0, 0.05) is 11.8 Å². The third-order valence-electron chi connectivity index (χ3n) is 3.54. The van der Waals surface area contributed by atoms with Gasteiger partial charge in [-0.3, -0.25) is 9.78 Å². The number of alkyl halides is 3. The van der Waals surface area contributed by atoms with Crippen LogP contribution in [0.15, 0.2) is 30.5 Å². The van der Waals surface area contributed by atoms with Gasteiger partial charge < -0.3 is 4.74 Å². The number of hydrogen-bond donors (Lipinski definition) is 0. The Labute approximate surface area is 150 Å². The molecule has 0 bridgehead atoms. The molecule has 0 aliphatic rings. The molecule has 0 unspecified atom stereocenters. The first-order valence-corrected chi connectivity index (χ1v) is 7.89. The predicted molar refractivity (Wildman–Crippen MR) is 87.4 cm³/mol. The Balaban J connectivity index is 2.00. The van der Waals surface area contributed by atoms with E-state index in [2.05, 4.69) is 15.3 Å². The number of fused-ring (bicyclic) bond motifs is 1. The van der Waals surface area contributed by atoms with E-state index in [1.54, 1.807) is 25.1 Å². The molecule has 1 aromatic carbocycles. The fourth-order valence-corrected chi connectivity index (χ4v) is 2.64. The van der Waals surface area contributed by atoms with Crippen molar-refractivity contribution in [3.05, 3.63) is 41.0 Å². The third-order valence-corrected chi connectivity index (χ3v) is 3.83. The minimum atomic E-state index is -4.53. The SMILES string of the molecule is CCOC(=O)Cn1nnc2ccc(-c3ncc(C(F)(F)F)cc3Cl)cc21. The second kappa shape index (κ2) is 6.91. The number of rotatable bonds is 4. The Morgan fingerprint density at radius 2 is 2.08 bits per heavy atom. The molecule has 0 spiro atoms. The van der Waals surface area contributed by atoms with E-state index in [4.69, 9.17) is 16.3 Å². The quantitative estimate of drug-likeness (QED) is 0.641. The van der Waals surface area contributed by atoms with E-state index >= 15 is 0 Å². The van der Waals surface area contributed by atoms with Gasteiger partial charge in [-0.25, -0.2) is 4.68 Å². The van der Waals surface area contributed by atoms with Gasteiger partial charge in [-0.05, 0) is 25.1 Å². The van der Waals surface area contributed by atoms with Crippen molar-refractivity contribution < 1.29 is 22.7 Å². The zero-order chi connectivity index (χ0) is 18.9. The fourth-order valence-electron chi connectivity index (χ4n) is 2.36. The van der Waals surface area contributed by atoms with Gasteiger partial charge in [0.15, 0.2) is 0 Å². The monoisotopic (exact) mass is 384 g/mol. The van der Waals surface area contributed by atoms with Crippen molar-refractivity contribution in [1.29, 1.82) is 0 Å². The number of pyridine rings is 1. The Hall–Kier alpha value is -2.68. The molecule has 0 N–H and O–H groups in total. The van der Waals surface area contributed by atoms with Crippen molar-refractivity contribution in [2.45, 2.75) is 19.6 Å². The summed E-state index contributed by atoms with van der Waals surface area (Å²) in [5.41, 5.74) is 0.754. The van der Waals surface area contributed by atoms with Crippen LogP contribution in [0, 0.1) is 0 Å². The summed E-state index contributed by atoms with van der Waals surface area (Å²) in [6, 6.07) is 5.67. The lowest BCUT2D eigenvalue weighted by Gasteiger charge is -2.09. The Morgan fingerprint density at radius 3 is 2.73 bits per heavy atom. The van der Waals surface area contributed by atoms with Gasteiger partial charge in [0.2, 0.25) is 0 Å². The van der Waals surface area contributed by atoms with Gasteiger partial charge >= 0.3 is 12.1 Å². The number of carbonyl (C=O) groups is 1. The van der Waals surface area contributed by atoms with Crippen LogP contribution in [0.3, 0.4) is 0 Å². The Kier molecular flexibility index (Phi) is 4.82. The number of halogens is 4. The largest absolute Gasteiger partial charge is 0.465 e. The van der Waals surface area contributed by atoms with Crippen LogP contribution in [0.2, 0.25) is 5.02 Å². The lowest BCUT2D eigenvalue weighted by molar-refractivity contribution is -0.144. The Bertz CT molecular complexity index is 972. The molecule has 26 heavy (non-hydrogen) atoms. The summed E-state index contributed by atoms with van der Waals surface area (Å²) < 4.78 is 44.4. The minimum Gasteiger partial charge on any atom is -0.465 e. The van der Waals surface area contributed by atoms with E-state index in [0.717, 1.165) is 12.3 Å². The van der Waals surface area contributed by atoms with Crippen molar-refractivity contribution in [3.63, 3.8) is 0 Å². The van der Waals surface area contributed by atoms with Crippen LogP contribution >= 0.6 is 11.6 Å². The summed E-state index contributed by atoms with van der Waals surface area (Å²) in [5, 5.41) is 7.69. The average molecular weight is 385 g/mol. The topological polar surface area (TPSA) is 69.9 Å². The van der Waals surface area contributed by atoms with E-state index in [-0.39, 0.29) is 23.9 Å². The van der Waals surface area contributed by atoms with Crippen LogP contribution in [-0.2, 0) is 22.3 Å². The summed E-state index contributed by atoms with van der Waals surface area (Å²) in [6.07, 6.45) is -3.80. The first kappa shape index (κ1) is 18.1. The van der Waals surface area contributed by atoms with Gasteiger partial charge in [0.25, 0.3) is 0 Å². The smallest absolute Gasteiger partial charge is 0.417 e. The lowest BCUT2D eigenvalue weighted by Crippen LogP contribution is -2.14. The van der Waals surface area contributed by atoms with E-state index in [1.165, 1.54) is 4.68 Å². The van der Waals surface area contributed by atoms with Gasteiger partial charge in [-0.1, -0.05) is 22.9 Å². The lowest BCUT2D eigenvalue weighted by atomic mass is 10.1. The van der Waals surface area contributed by atoms with Crippen molar-refractivity contribution >= 4 is 28.6 Å². The maximum absolute atomic E-state index is 12.7. The van der Waals surface area contributed by atoms with E-state index in [1.807, 2.05) is 0 Å². The number of esters is 1. The molecular weight excluding hydrogens is 373 g/mol. The van der Waals surface area contributed by atoms with Gasteiger partial charge in [0.05, 0.1) is 28.4 Å². The molecule has 136 valence electrons. The molecule has 0 fully saturated rings. The summed E-state index contributed by atoms with van der Waals surface area (Å²) >= 11 is 5.99. The van der Waals surface area contributed by atoms with Crippen LogP contribution in [0.4, 0.5) is 13.2 Å². The maximum Gasteiger partial charge on any atom is 0.417 e. The summed E-state index contributed by atoms with van der Waals surface area (Å²) in [7, 11) is 0. The summed E-state index contributed by atoms with van der Waals surface area (Å²) in [4.78, 5) is 15.5. The third kappa shape index (κ3) is 3.62. The molecular formula is C16H12ClF3N4O2.